The van der Waals surface area contributed by atoms with Crippen LogP contribution in [0, 0.1) is 12.7 Å². The van der Waals surface area contributed by atoms with E-state index in [4.69, 9.17) is 4.74 Å². The Balaban J connectivity index is 1.56. The van der Waals surface area contributed by atoms with Crippen LogP contribution in [0.15, 0.2) is 42.5 Å². The molecule has 1 aliphatic rings. The second kappa shape index (κ2) is 6.92. The molecule has 3 aromatic rings. The molecule has 0 unspecified atom stereocenters. The maximum atomic E-state index is 13.2. The van der Waals surface area contributed by atoms with Crippen LogP contribution in [-0.4, -0.2) is 23.6 Å². The SMILES string of the molecule is Cc1c(-c2ccc(F)cc2)[nH]c2ccc(CNC(=O)[C@@H]3CCCO3)cc12. The summed E-state index contributed by atoms with van der Waals surface area (Å²) in [6.45, 7) is 3.19. The maximum Gasteiger partial charge on any atom is 0.249 e. The maximum absolute atomic E-state index is 13.2. The molecule has 4 nitrogen and oxygen atoms in total. The van der Waals surface area contributed by atoms with Crippen molar-refractivity contribution in [1.82, 2.24) is 10.3 Å². The molecule has 4 rings (SSSR count). The van der Waals surface area contributed by atoms with Gasteiger partial charge in [0.05, 0.1) is 0 Å². The summed E-state index contributed by atoms with van der Waals surface area (Å²) in [4.78, 5) is 15.5. The molecule has 134 valence electrons. The van der Waals surface area contributed by atoms with Gasteiger partial charge in [-0.25, -0.2) is 4.39 Å². The van der Waals surface area contributed by atoms with Gasteiger partial charge in [-0.3, -0.25) is 4.79 Å². The molecule has 2 N–H and O–H groups in total. The Morgan fingerprint density at radius 3 is 2.81 bits per heavy atom. The Morgan fingerprint density at radius 2 is 2.08 bits per heavy atom. The van der Waals surface area contributed by atoms with E-state index in [0.29, 0.717) is 13.2 Å². The number of fused-ring (bicyclic) bond motifs is 1. The number of benzene rings is 2. The van der Waals surface area contributed by atoms with E-state index in [2.05, 4.69) is 16.4 Å². The van der Waals surface area contributed by atoms with Gasteiger partial charge in [0.15, 0.2) is 0 Å². The van der Waals surface area contributed by atoms with Crippen molar-refractivity contribution in [1.29, 1.82) is 0 Å². The Bertz CT molecular complexity index is 941. The van der Waals surface area contributed by atoms with Crippen LogP contribution in [0.25, 0.3) is 22.2 Å². The lowest BCUT2D eigenvalue weighted by atomic mass is 10.0. The van der Waals surface area contributed by atoms with Gasteiger partial charge in [-0.2, -0.15) is 0 Å². The average Bonchev–Trinajstić information content (AvgIpc) is 3.29. The van der Waals surface area contributed by atoms with Gasteiger partial charge in [0, 0.05) is 29.7 Å². The number of H-pyrrole nitrogens is 1. The Labute approximate surface area is 151 Å². The molecule has 2 heterocycles. The molecule has 0 radical (unpaired) electrons. The third-order valence-corrected chi connectivity index (χ3v) is 4.94. The van der Waals surface area contributed by atoms with E-state index in [1.807, 2.05) is 19.1 Å². The van der Waals surface area contributed by atoms with Crippen molar-refractivity contribution < 1.29 is 13.9 Å². The molecule has 1 saturated heterocycles. The first-order valence-corrected chi connectivity index (χ1v) is 8.88. The second-order valence-corrected chi connectivity index (χ2v) is 6.73. The Hall–Kier alpha value is -2.66. The van der Waals surface area contributed by atoms with E-state index >= 15 is 0 Å². The number of hydrogen-bond acceptors (Lipinski definition) is 2. The standard InChI is InChI=1S/C21H21FN2O2/c1-13-17-11-14(12-23-21(25)19-3-2-10-26-19)4-9-18(17)24-20(13)15-5-7-16(22)8-6-15/h4-9,11,19,24H,2-3,10,12H2,1H3,(H,23,25)/t19-/m0/s1. The molecule has 1 atom stereocenters. The van der Waals surface area contributed by atoms with Crippen LogP contribution < -0.4 is 5.32 Å². The zero-order valence-electron chi connectivity index (χ0n) is 14.6. The van der Waals surface area contributed by atoms with E-state index in [1.165, 1.54) is 12.1 Å². The molecule has 1 fully saturated rings. The number of rotatable bonds is 4. The van der Waals surface area contributed by atoms with Crippen molar-refractivity contribution >= 4 is 16.8 Å². The summed E-state index contributed by atoms with van der Waals surface area (Å²) in [6, 6.07) is 12.6. The van der Waals surface area contributed by atoms with E-state index < -0.39 is 0 Å². The third kappa shape index (κ3) is 3.22. The van der Waals surface area contributed by atoms with E-state index in [-0.39, 0.29) is 17.8 Å². The quantitative estimate of drug-likeness (QED) is 0.743. The fraction of sp³-hybridized carbons (Fsp3) is 0.286. The number of nitrogens with one attached hydrogen (secondary N) is 2. The van der Waals surface area contributed by atoms with Crippen molar-refractivity contribution in [2.24, 2.45) is 0 Å². The van der Waals surface area contributed by atoms with Crippen molar-refractivity contribution in [2.45, 2.75) is 32.4 Å². The highest BCUT2D eigenvalue weighted by Gasteiger charge is 2.23. The fourth-order valence-electron chi connectivity index (χ4n) is 3.48. The van der Waals surface area contributed by atoms with Gasteiger partial charge in [0.1, 0.15) is 11.9 Å². The summed E-state index contributed by atoms with van der Waals surface area (Å²) in [5, 5.41) is 4.06. The van der Waals surface area contributed by atoms with Gasteiger partial charge in [0.25, 0.3) is 0 Å². The number of aryl methyl sites for hydroxylation is 1. The molecule has 0 aliphatic carbocycles. The molecule has 0 saturated carbocycles. The number of amides is 1. The minimum Gasteiger partial charge on any atom is -0.368 e. The lowest BCUT2D eigenvalue weighted by molar-refractivity contribution is -0.130. The summed E-state index contributed by atoms with van der Waals surface area (Å²) in [5.74, 6) is -0.285. The molecule has 2 aromatic carbocycles. The highest BCUT2D eigenvalue weighted by molar-refractivity contribution is 5.91. The summed E-state index contributed by atoms with van der Waals surface area (Å²) in [7, 11) is 0. The van der Waals surface area contributed by atoms with Gasteiger partial charge in [-0.15, -0.1) is 0 Å². The molecule has 0 bridgehead atoms. The van der Waals surface area contributed by atoms with Gasteiger partial charge < -0.3 is 15.0 Å². The predicted molar refractivity (Wildman–Crippen MR) is 99.3 cm³/mol. The number of ether oxygens (including phenoxy) is 1. The molecule has 1 amide bonds. The first kappa shape index (κ1) is 16.8. The summed E-state index contributed by atoms with van der Waals surface area (Å²) in [6.07, 6.45) is 1.43. The monoisotopic (exact) mass is 352 g/mol. The summed E-state index contributed by atoms with van der Waals surface area (Å²) >= 11 is 0. The highest BCUT2D eigenvalue weighted by atomic mass is 19.1. The van der Waals surface area contributed by atoms with Gasteiger partial charge >= 0.3 is 0 Å². The minimum atomic E-state index is -0.308. The van der Waals surface area contributed by atoms with Crippen LogP contribution >= 0.6 is 0 Å². The number of aromatic nitrogens is 1. The largest absolute Gasteiger partial charge is 0.368 e. The number of aromatic amines is 1. The van der Waals surface area contributed by atoms with Crippen molar-refractivity contribution in [3.05, 3.63) is 59.4 Å². The van der Waals surface area contributed by atoms with Gasteiger partial charge in [-0.05, 0) is 72.9 Å². The molecule has 1 aliphatic heterocycles. The molecular weight excluding hydrogens is 331 g/mol. The smallest absolute Gasteiger partial charge is 0.249 e. The molecule has 0 spiro atoms. The number of carbonyl (C=O) groups is 1. The highest BCUT2D eigenvalue weighted by Crippen LogP contribution is 2.30. The summed E-state index contributed by atoms with van der Waals surface area (Å²) in [5.41, 5.74) is 5.11. The number of carbonyl (C=O) groups excluding carboxylic acids is 1. The molecule has 26 heavy (non-hydrogen) atoms. The number of hydrogen-bond donors (Lipinski definition) is 2. The Kier molecular flexibility index (Phi) is 4.47. The second-order valence-electron chi connectivity index (χ2n) is 6.73. The van der Waals surface area contributed by atoms with Crippen LogP contribution in [0.5, 0.6) is 0 Å². The number of halogens is 1. The van der Waals surface area contributed by atoms with E-state index in [9.17, 15) is 9.18 Å². The van der Waals surface area contributed by atoms with Crippen molar-refractivity contribution in [3.63, 3.8) is 0 Å². The lowest BCUT2D eigenvalue weighted by Gasteiger charge is -2.10. The van der Waals surface area contributed by atoms with Gasteiger partial charge in [0.2, 0.25) is 5.91 Å². The molecule has 1 aromatic heterocycles. The van der Waals surface area contributed by atoms with Crippen molar-refractivity contribution in [2.75, 3.05) is 6.61 Å². The van der Waals surface area contributed by atoms with Crippen LogP contribution in [0.2, 0.25) is 0 Å². The average molecular weight is 352 g/mol. The first-order valence-electron chi connectivity index (χ1n) is 8.88. The molecule has 5 heteroatoms. The van der Waals surface area contributed by atoms with Crippen LogP contribution in [0.1, 0.15) is 24.0 Å². The summed E-state index contributed by atoms with van der Waals surface area (Å²) < 4.78 is 18.6. The van der Waals surface area contributed by atoms with Crippen molar-refractivity contribution in [3.8, 4) is 11.3 Å². The topological polar surface area (TPSA) is 54.1 Å². The third-order valence-electron chi connectivity index (χ3n) is 4.94. The predicted octanol–water partition coefficient (Wildman–Crippen LogP) is 4.08. The van der Waals surface area contributed by atoms with Crippen LogP contribution in [-0.2, 0) is 16.1 Å². The first-order chi connectivity index (χ1) is 12.6. The van der Waals surface area contributed by atoms with E-state index in [0.717, 1.165) is 46.1 Å². The van der Waals surface area contributed by atoms with Gasteiger partial charge in [-0.1, -0.05) is 6.07 Å². The zero-order valence-corrected chi connectivity index (χ0v) is 14.6. The lowest BCUT2D eigenvalue weighted by Crippen LogP contribution is -2.33. The fourth-order valence-corrected chi connectivity index (χ4v) is 3.48. The van der Waals surface area contributed by atoms with Crippen LogP contribution in [0.3, 0.4) is 0 Å². The Morgan fingerprint density at radius 1 is 1.27 bits per heavy atom. The molecular formula is C21H21FN2O2. The zero-order chi connectivity index (χ0) is 18.1. The van der Waals surface area contributed by atoms with Crippen LogP contribution in [0.4, 0.5) is 4.39 Å². The minimum absolute atomic E-state index is 0.0413. The van der Waals surface area contributed by atoms with E-state index in [1.54, 1.807) is 12.1 Å². The normalized spacial score (nSPS) is 16.9.